The number of carbonyl (C=O) groups excluding carboxylic acids is 1. The van der Waals surface area contributed by atoms with E-state index >= 15 is 0 Å². The Labute approximate surface area is 120 Å². The highest BCUT2D eigenvalue weighted by Crippen LogP contribution is 2.25. The first-order valence-electron chi connectivity index (χ1n) is 7.12. The Hall–Kier alpha value is -1.75. The Bertz CT molecular complexity index is 468. The zero-order valence-corrected chi connectivity index (χ0v) is 12.3. The minimum Gasteiger partial charge on any atom is -0.462 e. The average Bonchev–Trinajstić information content (AvgIpc) is 2.46. The van der Waals surface area contributed by atoms with Crippen molar-refractivity contribution in [2.24, 2.45) is 0 Å². The predicted molar refractivity (Wildman–Crippen MR) is 81.1 cm³/mol. The maximum absolute atomic E-state index is 12.2. The van der Waals surface area contributed by atoms with E-state index in [-0.39, 0.29) is 5.97 Å². The van der Waals surface area contributed by atoms with Crippen LogP contribution in [0.5, 0.6) is 0 Å². The molecule has 0 atom stereocenters. The molecule has 1 saturated heterocycles. The average molecular weight is 277 g/mol. The van der Waals surface area contributed by atoms with E-state index in [1.54, 1.807) is 6.07 Å². The third-order valence-corrected chi connectivity index (χ3v) is 3.52. The van der Waals surface area contributed by atoms with Crippen LogP contribution in [0.15, 0.2) is 18.2 Å². The summed E-state index contributed by atoms with van der Waals surface area (Å²) in [5.74, 6) is -0.284. The fourth-order valence-electron chi connectivity index (χ4n) is 2.31. The zero-order chi connectivity index (χ0) is 14.5. The number of carbonyl (C=O) groups is 1. The van der Waals surface area contributed by atoms with E-state index in [1.165, 1.54) is 0 Å². The van der Waals surface area contributed by atoms with Gasteiger partial charge in [-0.1, -0.05) is 6.92 Å². The van der Waals surface area contributed by atoms with Crippen LogP contribution in [-0.2, 0) is 4.74 Å². The molecule has 5 heteroatoms. The van der Waals surface area contributed by atoms with Crippen molar-refractivity contribution in [3.8, 4) is 0 Å². The van der Waals surface area contributed by atoms with Gasteiger partial charge in [-0.2, -0.15) is 0 Å². The molecule has 1 aliphatic heterocycles. The van der Waals surface area contributed by atoms with Gasteiger partial charge in [-0.05, 0) is 31.7 Å². The molecule has 5 nitrogen and oxygen atoms in total. The van der Waals surface area contributed by atoms with E-state index < -0.39 is 0 Å². The standard InChI is InChI=1S/C15H23N3O2/c1-3-10-20-15(19)13-11-12(16)4-5-14(13)18-8-6-17(2)7-9-18/h4-5,11H,3,6-10,16H2,1-2H3. The Morgan fingerprint density at radius 3 is 2.65 bits per heavy atom. The number of esters is 1. The molecule has 1 aromatic carbocycles. The van der Waals surface area contributed by atoms with Crippen LogP contribution in [0.25, 0.3) is 0 Å². The van der Waals surface area contributed by atoms with Gasteiger partial charge in [-0.25, -0.2) is 4.79 Å². The number of rotatable bonds is 4. The van der Waals surface area contributed by atoms with Crippen LogP contribution in [0.2, 0.25) is 0 Å². The van der Waals surface area contributed by atoms with Crippen LogP contribution >= 0.6 is 0 Å². The third kappa shape index (κ3) is 3.42. The molecule has 0 unspecified atom stereocenters. The molecule has 110 valence electrons. The van der Waals surface area contributed by atoms with Crippen LogP contribution in [0.4, 0.5) is 11.4 Å². The molecule has 1 fully saturated rings. The summed E-state index contributed by atoms with van der Waals surface area (Å²) in [5.41, 5.74) is 7.90. The molecule has 2 N–H and O–H groups in total. The molecule has 20 heavy (non-hydrogen) atoms. The van der Waals surface area contributed by atoms with Gasteiger partial charge in [0.1, 0.15) is 0 Å². The summed E-state index contributed by atoms with van der Waals surface area (Å²) in [6.45, 7) is 6.23. The van der Waals surface area contributed by atoms with Gasteiger partial charge in [0.05, 0.1) is 17.9 Å². The molecular weight excluding hydrogens is 254 g/mol. The van der Waals surface area contributed by atoms with Crippen molar-refractivity contribution in [3.05, 3.63) is 23.8 Å². The summed E-state index contributed by atoms with van der Waals surface area (Å²) in [4.78, 5) is 16.7. The highest BCUT2D eigenvalue weighted by Gasteiger charge is 2.21. The zero-order valence-electron chi connectivity index (χ0n) is 12.3. The Kier molecular flexibility index (Phi) is 4.84. The molecule has 2 rings (SSSR count). The number of nitrogens with two attached hydrogens (primary N) is 1. The predicted octanol–water partition coefficient (Wildman–Crippen LogP) is 1.59. The van der Waals surface area contributed by atoms with E-state index in [1.807, 2.05) is 19.1 Å². The number of nitrogen functional groups attached to an aromatic ring is 1. The van der Waals surface area contributed by atoms with E-state index in [4.69, 9.17) is 10.5 Å². The number of piperazine rings is 1. The fraction of sp³-hybridized carbons (Fsp3) is 0.533. The minimum absolute atomic E-state index is 0.284. The second-order valence-electron chi connectivity index (χ2n) is 5.20. The summed E-state index contributed by atoms with van der Waals surface area (Å²) < 4.78 is 5.25. The van der Waals surface area contributed by atoms with Crippen molar-refractivity contribution < 1.29 is 9.53 Å². The van der Waals surface area contributed by atoms with Gasteiger partial charge in [-0.3, -0.25) is 0 Å². The second-order valence-corrected chi connectivity index (χ2v) is 5.20. The number of anilines is 2. The summed E-state index contributed by atoms with van der Waals surface area (Å²) in [6, 6.07) is 5.47. The van der Waals surface area contributed by atoms with Gasteiger partial charge in [0.25, 0.3) is 0 Å². The minimum atomic E-state index is -0.284. The van der Waals surface area contributed by atoms with Crippen molar-refractivity contribution in [1.82, 2.24) is 4.90 Å². The molecule has 0 radical (unpaired) electrons. The van der Waals surface area contributed by atoms with Gasteiger partial charge < -0.3 is 20.3 Å². The monoisotopic (exact) mass is 277 g/mol. The van der Waals surface area contributed by atoms with Crippen LogP contribution in [-0.4, -0.2) is 50.7 Å². The lowest BCUT2D eigenvalue weighted by molar-refractivity contribution is 0.0505. The number of nitrogens with zero attached hydrogens (tertiary/aromatic N) is 2. The van der Waals surface area contributed by atoms with Gasteiger partial charge >= 0.3 is 5.97 Å². The van der Waals surface area contributed by atoms with Crippen molar-refractivity contribution in [3.63, 3.8) is 0 Å². The van der Waals surface area contributed by atoms with E-state index in [0.29, 0.717) is 17.9 Å². The molecule has 0 aromatic heterocycles. The molecule has 1 aliphatic rings. The first-order valence-corrected chi connectivity index (χ1v) is 7.12. The normalized spacial score (nSPS) is 16.2. The number of hydrogen-bond acceptors (Lipinski definition) is 5. The quantitative estimate of drug-likeness (QED) is 0.669. The smallest absolute Gasteiger partial charge is 0.340 e. The van der Waals surface area contributed by atoms with Crippen LogP contribution in [0.1, 0.15) is 23.7 Å². The molecule has 0 bridgehead atoms. The second kappa shape index (κ2) is 6.61. The summed E-state index contributed by atoms with van der Waals surface area (Å²) in [5, 5.41) is 0. The van der Waals surface area contributed by atoms with Crippen LogP contribution < -0.4 is 10.6 Å². The third-order valence-electron chi connectivity index (χ3n) is 3.52. The molecule has 0 spiro atoms. The molecule has 0 saturated carbocycles. The maximum atomic E-state index is 12.2. The number of hydrogen-bond donors (Lipinski definition) is 1. The lowest BCUT2D eigenvalue weighted by Gasteiger charge is -2.34. The van der Waals surface area contributed by atoms with Gasteiger partial charge in [-0.15, -0.1) is 0 Å². The van der Waals surface area contributed by atoms with Crippen molar-refractivity contribution in [1.29, 1.82) is 0 Å². The summed E-state index contributed by atoms with van der Waals surface area (Å²) >= 11 is 0. The van der Waals surface area contributed by atoms with E-state index in [2.05, 4.69) is 16.8 Å². The van der Waals surface area contributed by atoms with Crippen molar-refractivity contribution in [2.75, 3.05) is 50.5 Å². The Morgan fingerprint density at radius 1 is 1.30 bits per heavy atom. The first kappa shape index (κ1) is 14.7. The van der Waals surface area contributed by atoms with Crippen LogP contribution in [0, 0.1) is 0 Å². The van der Waals surface area contributed by atoms with Gasteiger partial charge in [0, 0.05) is 31.9 Å². The molecule has 0 amide bonds. The van der Waals surface area contributed by atoms with Crippen molar-refractivity contribution in [2.45, 2.75) is 13.3 Å². The Morgan fingerprint density at radius 2 is 2.00 bits per heavy atom. The van der Waals surface area contributed by atoms with Gasteiger partial charge in [0.15, 0.2) is 0 Å². The van der Waals surface area contributed by atoms with Gasteiger partial charge in [0.2, 0.25) is 0 Å². The highest BCUT2D eigenvalue weighted by atomic mass is 16.5. The number of benzene rings is 1. The largest absolute Gasteiger partial charge is 0.462 e. The lowest BCUT2D eigenvalue weighted by atomic mass is 10.1. The SMILES string of the molecule is CCCOC(=O)c1cc(N)ccc1N1CCN(C)CC1. The number of likely N-dealkylation sites (N-methyl/N-ethyl adjacent to an activating group) is 1. The lowest BCUT2D eigenvalue weighted by Crippen LogP contribution is -2.45. The topological polar surface area (TPSA) is 58.8 Å². The van der Waals surface area contributed by atoms with Crippen LogP contribution in [0.3, 0.4) is 0 Å². The van der Waals surface area contributed by atoms with Crippen molar-refractivity contribution >= 4 is 17.3 Å². The fourth-order valence-corrected chi connectivity index (χ4v) is 2.31. The first-order chi connectivity index (χ1) is 9.61. The summed E-state index contributed by atoms with van der Waals surface area (Å²) in [6.07, 6.45) is 0.817. The molecule has 0 aliphatic carbocycles. The number of ether oxygens (including phenoxy) is 1. The molecular formula is C15H23N3O2. The van der Waals surface area contributed by atoms with E-state index in [9.17, 15) is 4.79 Å². The maximum Gasteiger partial charge on any atom is 0.340 e. The van der Waals surface area contributed by atoms with E-state index in [0.717, 1.165) is 38.3 Å². The summed E-state index contributed by atoms with van der Waals surface area (Å²) in [7, 11) is 2.11. The molecule has 1 aromatic rings. The molecule has 1 heterocycles. The Balaban J connectivity index is 2.21. The highest BCUT2D eigenvalue weighted by molar-refractivity contribution is 5.97.